The van der Waals surface area contributed by atoms with E-state index >= 15 is 0 Å². The van der Waals surface area contributed by atoms with Crippen molar-refractivity contribution < 1.29 is 4.79 Å². The number of benzene rings is 1. The number of carbonyl (C=O) groups is 1. The van der Waals surface area contributed by atoms with Crippen LogP contribution in [0.5, 0.6) is 0 Å². The fourth-order valence-corrected chi connectivity index (χ4v) is 2.17. The Hall–Kier alpha value is -0.650. The van der Waals surface area contributed by atoms with E-state index in [-0.39, 0.29) is 5.91 Å². The monoisotopic (exact) mass is 348 g/mol. The zero-order chi connectivity index (χ0) is 13.7. The molecule has 0 unspecified atom stereocenters. The smallest absolute Gasteiger partial charge is 0.254 e. The van der Waals surface area contributed by atoms with Gasteiger partial charge in [-0.2, -0.15) is 0 Å². The molecule has 0 aliphatic heterocycles. The summed E-state index contributed by atoms with van der Waals surface area (Å²) in [6.45, 7) is 2.91. The average molecular weight is 350 g/mol. The fourth-order valence-electron chi connectivity index (χ4n) is 1.52. The van der Waals surface area contributed by atoms with Gasteiger partial charge in [-0.05, 0) is 40.5 Å². The molecule has 1 aromatic carbocycles. The Labute approximate surface area is 125 Å². The van der Waals surface area contributed by atoms with E-state index in [1.807, 2.05) is 6.92 Å². The lowest BCUT2D eigenvalue weighted by Crippen LogP contribution is -2.38. The highest BCUT2D eigenvalue weighted by Gasteiger charge is 2.16. The molecule has 0 atom stereocenters. The van der Waals surface area contributed by atoms with Gasteiger partial charge in [0.2, 0.25) is 0 Å². The molecule has 1 aromatic rings. The van der Waals surface area contributed by atoms with E-state index in [9.17, 15) is 4.79 Å². The van der Waals surface area contributed by atoms with Crippen LogP contribution in [0.15, 0.2) is 22.7 Å². The first-order valence-corrected chi connectivity index (χ1v) is 7.06. The van der Waals surface area contributed by atoms with Crippen molar-refractivity contribution in [3.05, 3.63) is 33.3 Å². The Kier molecular flexibility index (Phi) is 6.05. The second kappa shape index (κ2) is 7.07. The van der Waals surface area contributed by atoms with E-state index < -0.39 is 0 Å². The van der Waals surface area contributed by atoms with Gasteiger partial charge < -0.3 is 10.6 Å². The number of nitrogens with zero attached hydrogens (tertiary/aromatic N) is 1. The average Bonchev–Trinajstić information content (AvgIpc) is 2.31. The van der Waals surface area contributed by atoms with Gasteiger partial charge in [-0.1, -0.05) is 30.7 Å². The molecular weight excluding hydrogens is 336 g/mol. The summed E-state index contributed by atoms with van der Waals surface area (Å²) in [5.74, 6) is -0.0954. The summed E-state index contributed by atoms with van der Waals surface area (Å²) in [6.07, 6.45) is 0.850. The predicted octanol–water partition coefficient (Wildman–Crippen LogP) is 3.24. The molecular formula is C12H14BrClN2OS. The van der Waals surface area contributed by atoms with Crippen molar-refractivity contribution in [3.63, 3.8) is 0 Å². The molecule has 6 heteroatoms. The zero-order valence-corrected chi connectivity index (χ0v) is 13.1. The maximum absolute atomic E-state index is 12.3. The topological polar surface area (TPSA) is 46.3 Å². The molecule has 0 spiro atoms. The molecule has 98 valence electrons. The second-order valence-corrected chi connectivity index (χ2v) is 5.61. The minimum absolute atomic E-state index is 0.0954. The Bertz CT molecular complexity index is 467. The van der Waals surface area contributed by atoms with Gasteiger partial charge in [-0.3, -0.25) is 4.79 Å². The number of hydrogen-bond donors (Lipinski definition) is 1. The highest BCUT2D eigenvalue weighted by atomic mass is 79.9. The normalized spacial score (nSPS) is 10.2. The summed E-state index contributed by atoms with van der Waals surface area (Å²) in [6, 6.07) is 5.08. The molecule has 0 radical (unpaired) electrons. The maximum Gasteiger partial charge on any atom is 0.254 e. The summed E-state index contributed by atoms with van der Waals surface area (Å²) >= 11 is 14.1. The molecule has 1 amide bonds. The van der Waals surface area contributed by atoms with E-state index in [2.05, 4.69) is 15.9 Å². The van der Waals surface area contributed by atoms with Crippen LogP contribution in [0.25, 0.3) is 0 Å². The van der Waals surface area contributed by atoms with Crippen LogP contribution < -0.4 is 5.73 Å². The van der Waals surface area contributed by atoms with Crippen LogP contribution in [0.1, 0.15) is 23.7 Å². The maximum atomic E-state index is 12.3. The third-order valence-electron chi connectivity index (χ3n) is 2.29. The number of hydrogen-bond acceptors (Lipinski definition) is 2. The number of nitrogens with two attached hydrogens (primary N) is 1. The van der Waals surface area contributed by atoms with Gasteiger partial charge in [0.1, 0.15) is 0 Å². The van der Waals surface area contributed by atoms with Gasteiger partial charge in [0.15, 0.2) is 0 Å². The molecule has 0 fully saturated rings. The largest absolute Gasteiger partial charge is 0.392 e. The number of carbonyl (C=O) groups excluding carboxylic acids is 1. The molecule has 18 heavy (non-hydrogen) atoms. The predicted molar refractivity (Wildman–Crippen MR) is 82.1 cm³/mol. The third-order valence-corrected chi connectivity index (χ3v) is 3.64. The van der Waals surface area contributed by atoms with Crippen molar-refractivity contribution in [1.82, 2.24) is 4.90 Å². The number of halogens is 2. The van der Waals surface area contributed by atoms with Crippen molar-refractivity contribution in [2.75, 3.05) is 13.1 Å². The summed E-state index contributed by atoms with van der Waals surface area (Å²) in [7, 11) is 0. The number of amides is 1. The highest BCUT2D eigenvalue weighted by molar-refractivity contribution is 9.10. The summed E-state index contributed by atoms with van der Waals surface area (Å²) < 4.78 is 0.696. The molecule has 0 saturated carbocycles. The van der Waals surface area contributed by atoms with Crippen molar-refractivity contribution in [3.8, 4) is 0 Å². The molecule has 0 aliphatic carbocycles. The number of rotatable bonds is 5. The first-order chi connectivity index (χ1) is 8.45. The van der Waals surface area contributed by atoms with Gasteiger partial charge in [0, 0.05) is 16.6 Å². The first kappa shape index (κ1) is 15.4. The van der Waals surface area contributed by atoms with Gasteiger partial charge in [-0.15, -0.1) is 0 Å². The summed E-state index contributed by atoms with van der Waals surface area (Å²) in [5, 5.41) is 0.572. The minimum Gasteiger partial charge on any atom is -0.392 e. The highest BCUT2D eigenvalue weighted by Crippen LogP contribution is 2.23. The van der Waals surface area contributed by atoms with Gasteiger partial charge in [-0.25, -0.2) is 0 Å². The van der Waals surface area contributed by atoms with Crippen LogP contribution in [0.2, 0.25) is 5.02 Å². The van der Waals surface area contributed by atoms with Gasteiger partial charge in [0.05, 0.1) is 16.6 Å². The van der Waals surface area contributed by atoms with Gasteiger partial charge in [0.25, 0.3) is 5.91 Å². The molecule has 0 saturated heterocycles. The van der Waals surface area contributed by atoms with Crippen LogP contribution in [-0.2, 0) is 0 Å². The lowest BCUT2D eigenvalue weighted by Gasteiger charge is -2.21. The molecule has 0 heterocycles. The van der Waals surface area contributed by atoms with E-state index in [0.717, 1.165) is 6.42 Å². The molecule has 0 bridgehead atoms. The third kappa shape index (κ3) is 4.23. The molecule has 0 aliphatic rings. The van der Waals surface area contributed by atoms with Crippen LogP contribution in [0.3, 0.4) is 0 Å². The van der Waals surface area contributed by atoms with Crippen LogP contribution >= 0.6 is 39.7 Å². The quantitative estimate of drug-likeness (QED) is 0.830. The van der Waals surface area contributed by atoms with Crippen molar-refractivity contribution in [2.24, 2.45) is 5.73 Å². The lowest BCUT2D eigenvalue weighted by atomic mass is 10.2. The van der Waals surface area contributed by atoms with Crippen molar-refractivity contribution >= 4 is 50.6 Å². The minimum atomic E-state index is -0.0954. The second-order valence-electron chi connectivity index (χ2n) is 3.82. The fraction of sp³-hybridized carbons (Fsp3) is 0.333. The van der Waals surface area contributed by atoms with E-state index in [1.54, 1.807) is 23.1 Å². The molecule has 1 rings (SSSR count). The number of thiocarbonyl (C=S) groups is 1. The van der Waals surface area contributed by atoms with E-state index in [1.165, 1.54) is 0 Å². The van der Waals surface area contributed by atoms with E-state index in [0.29, 0.717) is 33.1 Å². The van der Waals surface area contributed by atoms with Crippen molar-refractivity contribution in [2.45, 2.75) is 13.3 Å². The standard InChI is InChI=1S/C12H14BrClN2OS/c1-2-5-16(7-11(15)18)12(17)8-3-4-10(14)9(13)6-8/h3-4,6H,2,5,7H2,1H3,(H2,15,18). The van der Waals surface area contributed by atoms with Crippen LogP contribution in [0.4, 0.5) is 0 Å². The van der Waals surface area contributed by atoms with Gasteiger partial charge >= 0.3 is 0 Å². The molecule has 2 N–H and O–H groups in total. The molecule has 3 nitrogen and oxygen atoms in total. The summed E-state index contributed by atoms with van der Waals surface area (Å²) in [4.78, 5) is 14.2. The zero-order valence-electron chi connectivity index (χ0n) is 9.95. The first-order valence-electron chi connectivity index (χ1n) is 5.48. The van der Waals surface area contributed by atoms with Crippen molar-refractivity contribution in [1.29, 1.82) is 0 Å². The Morgan fingerprint density at radius 2 is 2.22 bits per heavy atom. The van der Waals surface area contributed by atoms with Crippen LogP contribution in [0, 0.1) is 0 Å². The van der Waals surface area contributed by atoms with E-state index in [4.69, 9.17) is 29.6 Å². The molecule has 0 aromatic heterocycles. The Balaban J connectivity index is 2.93. The Morgan fingerprint density at radius 1 is 1.56 bits per heavy atom. The SMILES string of the molecule is CCCN(CC(N)=S)C(=O)c1ccc(Cl)c(Br)c1. The Morgan fingerprint density at radius 3 is 2.72 bits per heavy atom. The lowest BCUT2D eigenvalue weighted by molar-refractivity contribution is 0.0780. The summed E-state index contributed by atoms with van der Waals surface area (Å²) in [5.41, 5.74) is 6.07. The van der Waals surface area contributed by atoms with Crippen LogP contribution in [-0.4, -0.2) is 28.9 Å².